The van der Waals surface area contributed by atoms with Crippen LogP contribution in [-0.4, -0.2) is 22.3 Å². The van der Waals surface area contributed by atoms with E-state index in [2.05, 4.69) is 34.3 Å². The van der Waals surface area contributed by atoms with Gasteiger partial charge in [-0.1, -0.05) is 33.3 Å². The highest BCUT2D eigenvalue weighted by Gasteiger charge is 2.59. The molecule has 0 aromatic rings. The molecule has 2 saturated carbocycles. The first-order valence-corrected chi connectivity index (χ1v) is 9.92. The fourth-order valence-electron chi connectivity index (χ4n) is 6.23. The third-order valence-corrected chi connectivity index (χ3v) is 7.49. The van der Waals surface area contributed by atoms with Gasteiger partial charge in [0.25, 0.3) is 0 Å². The van der Waals surface area contributed by atoms with Gasteiger partial charge in [-0.05, 0) is 69.1 Å². The van der Waals surface area contributed by atoms with Crippen molar-refractivity contribution in [1.29, 1.82) is 0 Å². The molecular formula is C22H38O3. The first-order valence-electron chi connectivity index (χ1n) is 9.92. The summed E-state index contributed by atoms with van der Waals surface area (Å²) in [6.07, 6.45) is 8.84. The third kappa shape index (κ3) is 3.97. The number of esters is 1. The molecule has 0 radical (unpaired) electrons. The Morgan fingerprint density at radius 2 is 1.92 bits per heavy atom. The maximum Gasteiger partial charge on any atom is 0.303 e. The highest BCUT2D eigenvalue weighted by atomic mass is 16.6. The number of hydrogen-bond donors (Lipinski definition) is 1. The van der Waals surface area contributed by atoms with E-state index in [1.807, 2.05) is 6.92 Å². The normalized spacial score (nSPS) is 39.8. The lowest BCUT2D eigenvalue weighted by Gasteiger charge is -2.62. The summed E-state index contributed by atoms with van der Waals surface area (Å²) in [5, 5.41) is 10.5. The Hall–Kier alpha value is -0.830. The molecule has 0 aromatic heterocycles. The largest absolute Gasteiger partial charge is 0.459 e. The zero-order chi connectivity index (χ0) is 19.1. The van der Waals surface area contributed by atoms with Crippen molar-refractivity contribution in [3.8, 4) is 0 Å². The molecule has 1 N–H and O–H groups in total. The van der Waals surface area contributed by atoms with Crippen LogP contribution in [0.5, 0.6) is 0 Å². The van der Waals surface area contributed by atoms with Gasteiger partial charge in [-0.15, -0.1) is 6.58 Å². The van der Waals surface area contributed by atoms with E-state index >= 15 is 0 Å². The van der Waals surface area contributed by atoms with Gasteiger partial charge in [-0.3, -0.25) is 4.79 Å². The molecule has 2 aliphatic rings. The lowest BCUT2D eigenvalue weighted by molar-refractivity contribution is -0.200. The van der Waals surface area contributed by atoms with Crippen LogP contribution in [0.2, 0.25) is 0 Å². The summed E-state index contributed by atoms with van der Waals surface area (Å²) in [5.41, 5.74) is -0.850. The number of hydrogen-bond acceptors (Lipinski definition) is 3. The van der Waals surface area contributed by atoms with Crippen LogP contribution >= 0.6 is 0 Å². The van der Waals surface area contributed by atoms with E-state index in [0.717, 1.165) is 19.3 Å². The summed E-state index contributed by atoms with van der Waals surface area (Å²) in [6, 6.07) is 0. The molecule has 0 amide bonds. The van der Waals surface area contributed by atoms with Crippen molar-refractivity contribution in [1.82, 2.24) is 0 Å². The summed E-state index contributed by atoms with van der Waals surface area (Å²) in [4.78, 5) is 11.8. The van der Waals surface area contributed by atoms with Gasteiger partial charge >= 0.3 is 5.97 Å². The summed E-state index contributed by atoms with van der Waals surface area (Å²) in [6.45, 7) is 16.4. The van der Waals surface area contributed by atoms with Gasteiger partial charge in [0.05, 0.1) is 5.60 Å². The second-order valence-electron chi connectivity index (χ2n) is 10.00. The minimum Gasteiger partial charge on any atom is -0.459 e. The predicted molar refractivity (Wildman–Crippen MR) is 102 cm³/mol. The summed E-state index contributed by atoms with van der Waals surface area (Å²) < 4.78 is 5.93. The Morgan fingerprint density at radius 1 is 1.28 bits per heavy atom. The monoisotopic (exact) mass is 350 g/mol. The number of fused-ring (bicyclic) bond motifs is 1. The maximum absolute atomic E-state index is 11.8. The van der Waals surface area contributed by atoms with Crippen LogP contribution in [0.3, 0.4) is 0 Å². The van der Waals surface area contributed by atoms with Gasteiger partial charge in [0.1, 0.15) is 5.60 Å². The van der Waals surface area contributed by atoms with Gasteiger partial charge in [0.2, 0.25) is 0 Å². The van der Waals surface area contributed by atoms with Crippen molar-refractivity contribution in [2.24, 2.45) is 22.7 Å². The molecule has 2 rings (SSSR count). The molecule has 0 spiro atoms. The number of aliphatic hydroxyl groups is 1. The Bertz CT molecular complexity index is 521. The van der Waals surface area contributed by atoms with E-state index in [9.17, 15) is 9.90 Å². The molecule has 0 heterocycles. The van der Waals surface area contributed by atoms with Crippen molar-refractivity contribution in [2.75, 3.05) is 0 Å². The van der Waals surface area contributed by atoms with Crippen LogP contribution in [0.1, 0.15) is 86.5 Å². The molecule has 2 aliphatic carbocycles. The maximum atomic E-state index is 11.8. The van der Waals surface area contributed by atoms with Gasteiger partial charge < -0.3 is 9.84 Å². The van der Waals surface area contributed by atoms with Crippen molar-refractivity contribution in [3.63, 3.8) is 0 Å². The van der Waals surface area contributed by atoms with Crippen molar-refractivity contribution >= 4 is 5.97 Å². The Labute approximate surface area is 154 Å². The lowest BCUT2D eigenvalue weighted by Crippen LogP contribution is -2.59. The molecule has 0 saturated heterocycles. The standard InChI is InChI=1S/C22H38O3/c1-8-20(5,24)14-10-18-21(6)13-9-12-19(3,4)17(21)11-15-22(18,7)25-16(2)23/h8,17-18,24H,1,9-15H2,2-7H3/t17-,18-,20+,21-,22+/m0/s1. The van der Waals surface area contributed by atoms with E-state index < -0.39 is 11.2 Å². The van der Waals surface area contributed by atoms with E-state index in [-0.39, 0.29) is 17.3 Å². The fraction of sp³-hybridized carbons (Fsp3) is 0.864. The van der Waals surface area contributed by atoms with Gasteiger partial charge in [0.15, 0.2) is 0 Å². The fourth-order valence-corrected chi connectivity index (χ4v) is 6.23. The number of carbonyl (C=O) groups excluding carboxylic acids is 1. The highest BCUT2D eigenvalue weighted by Crippen LogP contribution is 2.63. The zero-order valence-corrected chi connectivity index (χ0v) is 17.2. The molecule has 3 heteroatoms. The Kier molecular flexibility index (Phi) is 5.50. The van der Waals surface area contributed by atoms with Crippen molar-refractivity contribution in [3.05, 3.63) is 12.7 Å². The molecule has 3 nitrogen and oxygen atoms in total. The van der Waals surface area contributed by atoms with Crippen LogP contribution in [0.4, 0.5) is 0 Å². The molecule has 144 valence electrons. The topological polar surface area (TPSA) is 46.5 Å². The Morgan fingerprint density at radius 3 is 2.48 bits per heavy atom. The minimum atomic E-state index is -0.870. The molecule has 0 bridgehead atoms. The van der Waals surface area contributed by atoms with Crippen LogP contribution < -0.4 is 0 Å². The first kappa shape index (κ1) is 20.5. The number of rotatable bonds is 5. The molecule has 2 fully saturated rings. The Balaban J connectivity index is 2.38. The first-order chi connectivity index (χ1) is 11.4. The second kappa shape index (κ2) is 6.72. The summed E-state index contributed by atoms with van der Waals surface area (Å²) >= 11 is 0. The molecular weight excluding hydrogens is 312 g/mol. The predicted octanol–water partition coefficient (Wildman–Crippen LogP) is 5.27. The molecule has 25 heavy (non-hydrogen) atoms. The van der Waals surface area contributed by atoms with Crippen molar-refractivity contribution < 1.29 is 14.6 Å². The third-order valence-electron chi connectivity index (χ3n) is 7.49. The van der Waals surface area contributed by atoms with E-state index in [1.165, 1.54) is 26.2 Å². The molecule has 0 aliphatic heterocycles. The lowest BCUT2D eigenvalue weighted by atomic mass is 9.45. The average Bonchev–Trinajstić information content (AvgIpc) is 2.44. The van der Waals surface area contributed by atoms with Crippen LogP contribution in [0.25, 0.3) is 0 Å². The molecule has 0 aromatic carbocycles. The quantitative estimate of drug-likeness (QED) is 0.543. The second-order valence-corrected chi connectivity index (χ2v) is 10.00. The summed E-state index contributed by atoms with van der Waals surface area (Å²) in [5.74, 6) is 0.699. The van der Waals surface area contributed by atoms with Crippen LogP contribution in [0.15, 0.2) is 12.7 Å². The van der Waals surface area contributed by atoms with Gasteiger partial charge in [-0.25, -0.2) is 0 Å². The SMILES string of the molecule is C=C[C@@](C)(O)CC[C@H]1[C@@]2(C)CCCC(C)(C)[C@@H]2CC[C@@]1(C)OC(C)=O. The number of carbonyl (C=O) groups is 1. The minimum absolute atomic E-state index is 0.140. The zero-order valence-electron chi connectivity index (χ0n) is 17.2. The smallest absolute Gasteiger partial charge is 0.303 e. The van der Waals surface area contributed by atoms with Crippen molar-refractivity contribution in [2.45, 2.75) is 97.7 Å². The summed E-state index contributed by atoms with van der Waals surface area (Å²) in [7, 11) is 0. The highest BCUT2D eigenvalue weighted by molar-refractivity contribution is 5.66. The molecule has 5 atom stereocenters. The van der Waals surface area contributed by atoms with E-state index in [1.54, 1.807) is 6.08 Å². The number of ether oxygens (including phenoxy) is 1. The van der Waals surface area contributed by atoms with E-state index in [0.29, 0.717) is 17.8 Å². The van der Waals surface area contributed by atoms with Gasteiger partial charge in [0, 0.05) is 12.8 Å². The average molecular weight is 351 g/mol. The molecule has 0 unspecified atom stereocenters. The van der Waals surface area contributed by atoms with Crippen LogP contribution in [-0.2, 0) is 9.53 Å². The van der Waals surface area contributed by atoms with Gasteiger partial charge in [-0.2, -0.15) is 0 Å². The van der Waals surface area contributed by atoms with Crippen LogP contribution in [0, 0.1) is 22.7 Å². The van der Waals surface area contributed by atoms with E-state index in [4.69, 9.17) is 4.74 Å².